The van der Waals surface area contributed by atoms with E-state index in [4.69, 9.17) is 11.1 Å². The maximum absolute atomic E-state index is 12.0. The van der Waals surface area contributed by atoms with Crippen molar-refractivity contribution < 1.29 is 4.57 Å². The summed E-state index contributed by atoms with van der Waals surface area (Å²) in [5.74, 6) is 0.357. The molecule has 4 nitrogen and oxygen atoms in total. The number of nitrogens with one attached hydrogen (secondary N) is 1. The van der Waals surface area contributed by atoms with Gasteiger partial charge in [0.2, 0.25) is 0 Å². The van der Waals surface area contributed by atoms with Gasteiger partial charge in [-0.1, -0.05) is 12.1 Å². The Morgan fingerprint density at radius 2 is 2.12 bits per heavy atom. The van der Waals surface area contributed by atoms with Crippen molar-refractivity contribution in [2.24, 2.45) is 10.7 Å². The number of para-hydroxylation sites is 1. The molecule has 3 N–H and O–H groups in total. The van der Waals surface area contributed by atoms with E-state index in [0.717, 1.165) is 5.30 Å². The van der Waals surface area contributed by atoms with Crippen LogP contribution in [0, 0.1) is 5.41 Å². The molecular formula is C11H16N3OP. The summed E-state index contributed by atoms with van der Waals surface area (Å²) in [4.78, 5) is 4.19. The van der Waals surface area contributed by atoms with Gasteiger partial charge in [-0.15, -0.1) is 0 Å². The van der Waals surface area contributed by atoms with Crippen molar-refractivity contribution in [3.63, 3.8) is 0 Å². The van der Waals surface area contributed by atoms with Crippen molar-refractivity contribution >= 4 is 30.2 Å². The molecule has 86 valence electrons. The van der Waals surface area contributed by atoms with Gasteiger partial charge in [-0.05, 0) is 25.5 Å². The molecule has 1 rings (SSSR count). The van der Waals surface area contributed by atoms with Crippen LogP contribution in [0.25, 0.3) is 0 Å². The summed E-state index contributed by atoms with van der Waals surface area (Å²) in [5.41, 5.74) is 6.27. The molecule has 0 aliphatic rings. The SMILES string of the molecule is CP(C)(=O)c1ccccc1N=C(N)CC=N. The summed E-state index contributed by atoms with van der Waals surface area (Å²) in [6, 6.07) is 7.25. The minimum absolute atomic E-state index is 0.312. The van der Waals surface area contributed by atoms with E-state index in [1.54, 1.807) is 25.5 Å². The molecule has 0 heterocycles. The monoisotopic (exact) mass is 237 g/mol. The number of benzene rings is 1. The van der Waals surface area contributed by atoms with Crippen molar-refractivity contribution in [1.29, 1.82) is 5.41 Å². The van der Waals surface area contributed by atoms with Gasteiger partial charge >= 0.3 is 0 Å². The second kappa shape index (κ2) is 5.08. The third-order valence-electron chi connectivity index (χ3n) is 2.04. The molecule has 0 atom stereocenters. The Morgan fingerprint density at radius 3 is 2.69 bits per heavy atom. The number of nitrogens with two attached hydrogens (primary N) is 1. The maximum atomic E-state index is 12.0. The smallest absolute Gasteiger partial charge is 0.111 e. The predicted octanol–water partition coefficient (Wildman–Crippen LogP) is 1.96. The Morgan fingerprint density at radius 1 is 1.50 bits per heavy atom. The first-order valence-corrected chi connectivity index (χ1v) is 7.52. The molecule has 0 amide bonds. The van der Waals surface area contributed by atoms with Crippen molar-refractivity contribution in [1.82, 2.24) is 0 Å². The van der Waals surface area contributed by atoms with Crippen molar-refractivity contribution in [2.75, 3.05) is 13.3 Å². The molecule has 0 saturated heterocycles. The van der Waals surface area contributed by atoms with Crippen LogP contribution in [-0.4, -0.2) is 25.4 Å². The summed E-state index contributed by atoms with van der Waals surface area (Å²) in [5, 5.41) is 7.66. The lowest BCUT2D eigenvalue weighted by Gasteiger charge is -2.10. The van der Waals surface area contributed by atoms with Gasteiger partial charge in [0.25, 0.3) is 0 Å². The van der Waals surface area contributed by atoms with Gasteiger partial charge in [-0.25, -0.2) is 4.99 Å². The Hall–Kier alpha value is -1.41. The second-order valence-corrected chi connectivity index (χ2v) is 7.03. The summed E-state index contributed by atoms with van der Waals surface area (Å²) in [6.45, 7) is 3.41. The number of amidine groups is 1. The highest BCUT2D eigenvalue weighted by molar-refractivity contribution is 7.70. The first kappa shape index (κ1) is 12.7. The van der Waals surface area contributed by atoms with Gasteiger partial charge < -0.3 is 15.7 Å². The quantitative estimate of drug-likeness (QED) is 0.477. The van der Waals surface area contributed by atoms with Gasteiger partial charge in [-0.3, -0.25) is 0 Å². The van der Waals surface area contributed by atoms with Crippen LogP contribution in [0.2, 0.25) is 0 Å². The van der Waals surface area contributed by atoms with Crippen LogP contribution in [0.5, 0.6) is 0 Å². The van der Waals surface area contributed by atoms with Crippen LogP contribution < -0.4 is 11.0 Å². The Bertz CT molecular complexity index is 462. The van der Waals surface area contributed by atoms with E-state index in [2.05, 4.69) is 4.99 Å². The van der Waals surface area contributed by atoms with E-state index >= 15 is 0 Å². The zero-order valence-corrected chi connectivity index (χ0v) is 10.4. The standard InChI is InChI=1S/C11H16N3OP/c1-16(2,15)10-6-4-3-5-9(10)14-11(13)7-8-12/h3-6,8,12H,7H2,1-2H3,(H2,13,14). The average molecular weight is 237 g/mol. The average Bonchev–Trinajstić information content (AvgIpc) is 2.17. The lowest BCUT2D eigenvalue weighted by atomic mass is 10.3. The van der Waals surface area contributed by atoms with Gasteiger partial charge in [0.05, 0.1) is 5.69 Å². The topological polar surface area (TPSA) is 79.3 Å². The highest BCUT2D eigenvalue weighted by atomic mass is 31.2. The minimum atomic E-state index is -2.35. The summed E-state index contributed by atoms with van der Waals surface area (Å²) >= 11 is 0. The highest BCUT2D eigenvalue weighted by Gasteiger charge is 2.14. The Balaban J connectivity index is 3.19. The van der Waals surface area contributed by atoms with E-state index in [1.165, 1.54) is 6.21 Å². The first-order chi connectivity index (χ1) is 7.45. The van der Waals surface area contributed by atoms with Crippen LogP contribution in [0.1, 0.15) is 6.42 Å². The molecule has 1 aromatic rings. The van der Waals surface area contributed by atoms with Crippen molar-refractivity contribution in [2.45, 2.75) is 6.42 Å². The van der Waals surface area contributed by atoms with E-state index in [0.29, 0.717) is 17.9 Å². The van der Waals surface area contributed by atoms with Gasteiger partial charge in [0.15, 0.2) is 0 Å². The van der Waals surface area contributed by atoms with Gasteiger partial charge in [0.1, 0.15) is 13.0 Å². The number of hydrogen-bond acceptors (Lipinski definition) is 3. The fourth-order valence-corrected chi connectivity index (χ4v) is 2.44. The zero-order valence-electron chi connectivity index (χ0n) is 9.47. The van der Waals surface area contributed by atoms with Crippen LogP contribution in [0.15, 0.2) is 29.3 Å². The van der Waals surface area contributed by atoms with Crippen LogP contribution in [-0.2, 0) is 4.57 Å². The van der Waals surface area contributed by atoms with Gasteiger partial charge in [0, 0.05) is 17.9 Å². The largest absolute Gasteiger partial charge is 0.387 e. The maximum Gasteiger partial charge on any atom is 0.111 e. The van der Waals surface area contributed by atoms with Crippen molar-refractivity contribution in [3.8, 4) is 0 Å². The molecule has 5 heteroatoms. The summed E-state index contributed by atoms with van der Waals surface area (Å²) in [7, 11) is -2.35. The molecule has 0 bridgehead atoms. The second-order valence-electron chi connectivity index (χ2n) is 3.85. The minimum Gasteiger partial charge on any atom is -0.387 e. The van der Waals surface area contributed by atoms with Crippen molar-refractivity contribution in [3.05, 3.63) is 24.3 Å². The van der Waals surface area contributed by atoms with Crippen LogP contribution in [0.4, 0.5) is 5.69 Å². The van der Waals surface area contributed by atoms with Crippen LogP contribution >= 0.6 is 7.14 Å². The number of hydrogen-bond donors (Lipinski definition) is 2. The Kier molecular flexibility index (Phi) is 4.02. The molecule has 0 aromatic heterocycles. The predicted molar refractivity (Wildman–Crippen MR) is 70.2 cm³/mol. The van der Waals surface area contributed by atoms with E-state index < -0.39 is 7.14 Å². The zero-order chi connectivity index (χ0) is 12.2. The molecule has 1 aromatic carbocycles. The van der Waals surface area contributed by atoms with E-state index in [1.807, 2.05) is 12.1 Å². The molecular weight excluding hydrogens is 221 g/mol. The summed E-state index contributed by atoms with van der Waals surface area (Å²) < 4.78 is 12.0. The first-order valence-electron chi connectivity index (χ1n) is 4.91. The van der Waals surface area contributed by atoms with E-state index in [-0.39, 0.29) is 0 Å². The normalized spacial score (nSPS) is 12.5. The molecule has 0 aliphatic heterocycles. The molecule has 0 aliphatic carbocycles. The molecule has 0 fully saturated rings. The third kappa shape index (κ3) is 3.31. The number of nitrogens with zero attached hydrogens (tertiary/aromatic N) is 1. The number of aliphatic imine (C=N–C) groups is 1. The molecule has 0 unspecified atom stereocenters. The fourth-order valence-electron chi connectivity index (χ4n) is 1.32. The van der Waals surface area contributed by atoms with Crippen LogP contribution in [0.3, 0.4) is 0 Å². The highest BCUT2D eigenvalue weighted by Crippen LogP contribution is 2.38. The molecule has 0 saturated carbocycles. The third-order valence-corrected chi connectivity index (χ3v) is 3.58. The van der Waals surface area contributed by atoms with Gasteiger partial charge in [-0.2, -0.15) is 0 Å². The lowest BCUT2D eigenvalue weighted by molar-refractivity contribution is 0.588. The molecule has 0 spiro atoms. The molecule has 0 radical (unpaired) electrons. The lowest BCUT2D eigenvalue weighted by Crippen LogP contribution is -2.13. The Labute approximate surface area is 95.5 Å². The molecule has 16 heavy (non-hydrogen) atoms. The number of rotatable bonds is 4. The fraction of sp³-hybridized carbons (Fsp3) is 0.273. The summed E-state index contributed by atoms with van der Waals surface area (Å²) in [6.07, 6.45) is 1.50. The van der Waals surface area contributed by atoms with E-state index in [9.17, 15) is 4.57 Å².